The van der Waals surface area contributed by atoms with E-state index in [1.54, 1.807) is 6.08 Å². The van der Waals surface area contributed by atoms with Gasteiger partial charge in [-0.2, -0.15) is 0 Å². The maximum absolute atomic E-state index is 12.3. The first kappa shape index (κ1) is 21.3. The second kappa shape index (κ2) is 10.4. The van der Waals surface area contributed by atoms with Gasteiger partial charge in [0.05, 0.1) is 0 Å². The van der Waals surface area contributed by atoms with Crippen molar-refractivity contribution in [1.82, 2.24) is 5.32 Å². The van der Waals surface area contributed by atoms with Crippen LogP contribution in [0.1, 0.15) is 11.1 Å². The molecule has 0 heterocycles. The summed E-state index contributed by atoms with van der Waals surface area (Å²) in [7, 11) is 0. The molecule has 2 N–H and O–H groups in total. The number of hydrogen-bond acceptors (Lipinski definition) is 3. The lowest BCUT2D eigenvalue weighted by atomic mass is 10.0. The van der Waals surface area contributed by atoms with Crippen molar-refractivity contribution in [2.45, 2.75) is 6.61 Å². The molecule has 0 saturated heterocycles. The second-order valence-corrected chi connectivity index (χ2v) is 7.55. The number of fused-ring (bicyclic) bond motifs is 1. The lowest BCUT2D eigenvalue weighted by Gasteiger charge is -2.10. The zero-order valence-corrected chi connectivity index (χ0v) is 18.1. The Morgan fingerprint density at radius 2 is 1.56 bits per heavy atom. The first-order chi connectivity index (χ1) is 15.7. The van der Waals surface area contributed by atoms with Gasteiger partial charge in [-0.1, -0.05) is 72.8 Å². The molecule has 0 fully saturated rings. The summed E-state index contributed by atoms with van der Waals surface area (Å²) in [5.74, 6) is 0.464. The minimum atomic E-state index is -0.293. The summed E-state index contributed by atoms with van der Waals surface area (Å²) < 4.78 is 5.78. The summed E-state index contributed by atoms with van der Waals surface area (Å²) >= 11 is 5.26. The fourth-order valence-corrected chi connectivity index (χ4v) is 3.47. The highest BCUT2D eigenvalue weighted by molar-refractivity contribution is 7.80. The summed E-state index contributed by atoms with van der Waals surface area (Å²) in [6.07, 6.45) is 3.27. The van der Waals surface area contributed by atoms with E-state index in [9.17, 15) is 4.79 Å². The van der Waals surface area contributed by atoms with Crippen molar-refractivity contribution in [3.8, 4) is 5.75 Å². The normalized spacial score (nSPS) is 10.8. The van der Waals surface area contributed by atoms with Gasteiger partial charge in [-0.05, 0) is 64.5 Å². The predicted octanol–water partition coefficient (Wildman–Crippen LogP) is 5.95. The van der Waals surface area contributed by atoms with E-state index >= 15 is 0 Å². The standard InChI is InChI=1S/C27H22N2O2S/c30-26(18-13-22-11-6-10-21-9-4-5-12-25(21)22)29-27(32)28-23-14-16-24(17-15-23)31-19-20-7-2-1-3-8-20/h1-18H,19H2,(H2,28,29,30,32)/b18-13+. The van der Waals surface area contributed by atoms with Crippen LogP contribution in [0.4, 0.5) is 5.69 Å². The summed E-state index contributed by atoms with van der Waals surface area (Å²) in [5.41, 5.74) is 2.85. The molecule has 4 aromatic rings. The molecule has 1 amide bonds. The van der Waals surface area contributed by atoms with Crippen LogP contribution in [0.25, 0.3) is 16.8 Å². The molecule has 0 saturated carbocycles. The highest BCUT2D eigenvalue weighted by atomic mass is 32.1. The molecule has 158 valence electrons. The average molecular weight is 439 g/mol. The van der Waals surface area contributed by atoms with Gasteiger partial charge in [0.2, 0.25) is 5.91 Å². The molecule has 0 aliphatic rings. The molecule has 5 heteroatoms. The van der Waals surface area contributed by atoms with Crippen LogP contribution in [0.15, 0.2) is 103 Å². The fraction of sp³-hybridized carbons (Fsp3) is 0.0370. The zero-order valence-electron chi connectivity index (χ0n) is 17.3. The Kier molecular flexibility index (Phi) is 6.90. The first-order valence-corrected chi connectivity index (χ1v) is 10.6. The molecule has 0 aromatic heterocycles. The van der Waals surface area contributed by atoms with Gasteiger partial charge in [-0.15, -0.1) is 0 Å². The van der Waals surface area contributed by atoms with Crippen LogP contribution in [-0.2, 0) is 11.4 Å². The summed E-state index contributed by atoms with van der Waals surface area (Å²) in [6.45, 7) is 0.505. The van der Waals surface area contributed by atoms with Crippen LogP contribution in [0.2, 0.25) is 0 Å². The maximum atomic E-state index is 12.3. The van der Waals surface area contributed by atoms with E-state index in [0.29, 0.717) is 6.61 Å². The van der Waals surface area contributed by atoms with Crippen molar-refractivity contribution in [3.63, 3.8) is 0 Å². The Hall–Kier alpha value is -3.96. The van der Waals surface area contributed by atoms with Gasteiger partial charge in [0.15, 0.2) is 5.11 Å². The van der Waals surface area contributed by atoms with E-state index < -0.39 is 0 Å². The number of nitrogens with one attached hydrogen (secondary N) is 2. The molecule has 0 spiro atoms. The third-order valence-electron chi connectivity index (χ3n) is 4.83. The topological polar surface area (TPSA) is 50.4 Å². The van der Waals surface area contributed by atoms with Gasteiger partial charge in [0, 0.05) is 11.8 Å². The van der Waals surface area contributed by atoms with Crippen molar-refractivity contribution < 1.29 is 9.53 Å². The minimum absolute atomic E-state index is 0.232. The van der Waals surface area contributed by atoms with E-state index in [2.05, 4.69) is 10.6 Å². The Balaban J connectivity index is 1.29. The molecular formula is C27H22N2O2S. The molecule has 0 aliphatic carbocycles. The van der Waals surface area contributed by atoms with E-state index in [1.807, 2.05) is 97.1 Å². The molecule has 0 bridgehead atoms. The van der Waals surface area contributed by atoms with Crippen molar-refractivity contribution in [2.24, 2.45) is 0 Å². The van der Waals surface area contributed by atoms with E-state index in [4.69, 9.17) is 17.0 Å². The first-order valence-electron chi connectivity index (χ1n) is 10.2. The molecular weight excluding hydrogens is 416 g/mol. The molecule has 32 heavy (non-hydrogen) atoms. The molecule has 4 aromatic carbocycles. The Morgan fingerprint density at radius 3 is 2.38 bits per heavy atom. The number of carbonyl (C=O) groups is 1. The highest BCUT2D eigenvalue weighted by Crippen LogP contribution is 2.20. The summed E-state index contributed by atoms with van der Waals surface area (Å²) in [6, 6.07) is 31.5. The smallest absolute Gasteiger partial charge is 0.250 e. The number of hydrogen-bond donors (Lipinski definition) is 2. The molecule has 4 nitrogen and oxygen atoms in total. The van der Waals surface area contributed by atoms with Gasteiger partial charge in [-0.3, -0.25) is 10.1 Å². The lowest BCUT2D eigenvalue weighted by Crippen LogP contribution is -2.32. The predicted molar refractivity (Wildman–Crippen MR) is 135 cm³/mol. The maximum Gasteiger partial charge on any atom is 0.250 e. The van der Waals surface area contributed by atoms with Gasteiger partial charge >= 0.3 is 0 Å². The number of anilines is 1. The second-order valence-electron chi connectivity index (χ2n) is 7.14. The van der Waals surface area contributed by atoms with Crippen LogP contribution in [0, 0.1) is 0 Å². The number of thiocarbonyl (C=S) groups is 1. The lowest BCUT2D eigenvalue weighted by molar-refractivity contribution is -0.115. The fourth-order valence-electron chi connectivity index (χ4n) is 3.25. The quantitative estimate of drug-likeness (QED) is 0.289. The number of amides is 1. The Morgan fingerprint density at radius 1 is 0.844 bits per heavy atom. The van der Waals surface area contributed by atoms with Crippen molar-refractivity contribution in [2.75, 3.05) is 5.32 Å². The SMILES string of the molecule is O=C(/C=C/c1cccc2ccccc12)NC(=S)Nc1ccc(OCc2ccccc2)cc1. The molecule has 0 atom stereocenters. The number of ether oxygens (including phenoxy) is 1. The average Bonchev–Trinajstić information content (AvgIpc) is 2.83. The van der Waals surface area contributed by atoms with Crippen molar-refractivity contribution in [3.05, 3.63) is 114 Å². The molecule has 4 rings (SSSR count). The van der Waals surface area contributed by atoms with Gasteiger partial charge in [0.1, 0.15) is 12.4 Å². The Labute approximate surface area is 192 Å². The van der Waals surface area contributed by atoms with Crippen molar-refractivity contribution in [1.29, 1.82) is 0 Å². The van der Waals surface area contributed by atoms with Crippen LogP contribution in [-0.4, -0.2) is 11.0 Å². The van der Waals surface area contributed by atoms with Gasteiger partial charge < -0.3 is 10.1 Å². The largest absolute Gasteiger partial charge is 0.489 e. The third-order valence-corrected chi connectivity index (χ3v) is 5.04. The highest BCUT2D eigenvalue weighted by Gasteiger charge is 2.03. The Bertz CT molecular complexity index is 1250. The summed E-state index contributed by atoms with van der Waals surface area (Å²) in [5, 5.41) is 8.14. The van der Waals surface area contributed by atoms with Gasteiger partial charge in [-0.25, -0.2) is 0 Å². The van der Waals surface area contributed by atoms with Crippen LogP contribution in [0.3, 0.4) is 0 Å². The monoisotopic (exact) mass is 438 g/mol. The number of benzene rings is 4. The third kappa shape index (κ3) is 5.80. The summed E-state index contributed by atoms with van der Waals surface area (Å²) in [4.78, 5) is 12.3. The van der Waals surface area contributed by atoms with Crippen LogP contribution in [0.5, 0.6) is 5.75 Å². The number of rotatable bonds is 6. The molecule has 0 radical (unpaired) electrons. The van der Waals surface area contributed by atoms with Gasteiger partial charge in [0.25, 0.3) is 0 Å². The molecule has 0 unspecified atom stereocenters. The van der Waals surface area contributed by atoms with Crippen LogP contribution >= 0.6 is 12.2 Å². The number of carbonyl (C=O) groups excluding carboxylic acids is 1. The molecule has 0 aliphatic heterocycles. The zero-order chi connectivity index (χ0) is 22.2. The van der Waals surface area contributed by atoms with E-state index in [1.165, 1.54) is 6.08 Å². The minimum Gasteiger partial charge on any atom is -0.489 e. The van der Waals surface area contributed by atoms with E-state index in [-0.39, 0.29) is 11.0 Å². The van der Waals surface area contributed by atoms with Crippen LogP contribution < -0.4 is 15.4 Å². The van der Waals surface area contributed by atoms with E-state index in [0.717, 1.165) is 33.3 Å². The van der Waals surface area contributed by atoms with Crippen molar-refractivity contribution >= 4 is 45.8 Å².